The Bertz CT molecular complexity index is 86.1. The van der Waals surface area contributed by atoms with E-state index in [2.05, 4.69) is 5.32 Å². The SMILES string of the molecule is C[C@@H](O)CNCC(C)(C)O. The lowest BCUT2D eigenvalue weighted by molar-refractivity contribution is 0.0752. The van der Waals surface area contributed by atoms with E-state index >= 15 is 0 Å². The van der Waals surface area contributed by atoms with Gasteiger partial charge in [0.25, 0.3) is 0 Å². The quantitative estimate of drug-likeness (QED) is 0.513. The van der Waals surface area contributed by atoms with Crippen LogP contribution >= 0.6 is 0 Å². The molecule has 0 aliphatic carbocycles. The van der Waals surface area contributed by atoms with Crippen molar-refractivity contribution >= 4 is 0 Å². The van der Waals surface area contributed by atoms with Crippen LogP contribution in [0.5, 0.6) is 0 Å². The summed E-state index contributed by atoms with van der Waals surface area (Å²) in [6.07, 6.45) is -0.345. The third kappa shape index (κ3) is 7.88. The molecule has 3 nitrogen and oxygen atoms in total. The summed E-state index contributed by atoms with van der Waals surface area (Å²) >= 11 is 0. The number of aliphatic hydroxyl groups excluding tert-OH is 1. The molecule has 0 aromatic heterocycles. The van der Waals surface area contributed by atoms with Crippen molar-refractivity contribution in [2.45, 2.75) is 32.5 Å². The molecule has 3 N–H and O–H groups in total. The standard InChI is InChI=1S/C7H17NO2/c1-6(9)4-8-5-7(2,3)10/h6,8-10H,4-5H2,1-3H3/t6-/m1/s1. The van der Waals surface area contributed by atoms with Crippen LogP contribution in [0, 0.1) is 0 Å². The van der Waals surface area contributed by atoms with E-state index in [0.29, 0.717) is 13.1 Å². The Hall–Kier alpha value is -0.120. The largest absolute Gasteiger partial charge is 0.392 e. The molecule has 0 radical (unpaired) electrons. The average Bonchev–Trinajstić information content (AvgIpc) is 1.59. The van der Waals surface area contributed by atoms with Crippen LogP contribution in [0.4, 0.5) is 0 Å². The van der Waals surface area contributed by atoms with E-state index in [1.54, 1.807) is 20.8 Å². The fourth-order valence-electron chi connectivity index (χ4n) is 0.587. The van der Waals surface area contributed by atoms with Crippen molar-refractivity contribution < 1.29 is 10.2 Å². The monoisotopic (exact) mass is 147 g/mol. The first-order chi connectivity index (χ1) is 4.42. The van der Waals surface area contributed by atoms with E-state index in [4.69, 9.17) is 5.11 Å². The summed E-state index contributed by atoms with van der Waals surface area (Å²) in [4.78, 5) is 0. The highest BCUT2D eigenvalue weighted by molar-refractivity contribution is 4.68. The number of rotatable bonds is 4. The normalized spacial score (nSPS) is 15.3. The van der Waals surface area contributed by atoms with Crippen LogP contribution in [0.2, 0.25) is 0 Å². The highest BCUT2D eigenvalue weighted by atomic mass is 16.3. The van der Waals surface area contributed by atoms with E-state index in [0.717, 1.165) is 0 Å². The minimum atomic E-state index is -0.686. The Morgan fingerprint density at radius 2 is 2.00 bits per heavy atom. The summed E-state index contributed by atoms with van der Waals surface area (Å²) < 4.78 is 0. The number of aliphatic hydroxyl groups is 2. The van der Waals surface area contributed by atoms with Crippen LogP contribution in [0.25, 0.3) is 0 Å². The zero-order valence-electron chi connectivity index (χ0n) is 6.89. The fourth-order valence-corrected chi connectivity index (χ4v) is 0.587. The van der Waals surface area contributed by atoms with Gasteiger partial charge in [-0.3, -0.25) is 0 Å². The smallest absolute Gasteiger partial charge is 0.0715 e. The first-order valence-corrected chi connectivity index (χ1v) is 3.53. The van der Waals surface area contributed by atoms with Crippen LogP contribution in [0.15, 0.2) is 0 Å². The van der Waals surface area contributed by atoms with E-state index in [1.165, 1.54) is 0 Å². The van der Waals surface area contributed by atoms with Crippen LogP contribution in [0.3, 0.4) is 0 Å². The molecule has 0 bridgehead atoms. The summed E-state index contributed by atoms with van der Waals surface area (Å²) in [5.41, 5.74) is -0.686. The highest BCUT2D eigenvalue weighted by Gasteiger charge is 2.10. The van der Waals surface area contributed by atoms with Gasteiger partial charge in [0.15, 0.2) is 0 Å². The van der Waals surface area contributed by atoms with E-state index < -0.39 is 5.60 Å². The molecular weight excluding hydrogens is 130 g/mol. The second kappa shape index (κ2) is 3.91. The molecule has 0 aliphatic heterocycles. The minimum Gasteiger partial charge on any atom is -0.392 e. The highest BCUT2D eigenvalue weighted by Crippen LogP contribution is 1.96. The van der Waals surface area contributed by atoms with Crippen molar-refractivity contribution in [2.24, 2.45) is 0 Å². The molecule has 1 atom stereocenters. The summed E-state index contributed by atoms with van der Waals surface area (Å²) in [5.74, 6) is 0. The third-order valence-electron chi connectivity index (χ3n) is 0.997. The van der Waals surface area contributed by atoms with Gasteiger partial charge >= 0.3 is 0 Å². The molecule has 0 saturated heterocycles. The van der Waals surface area contributed by atoms with Crippen LogP contribution < -0.4 is 5.32 Å². The molecule has 0 rings (SSSR count). The minimum absolute atomic E-state index is 0.345. The summed E-state index contributed by atoms with van der Waals surface area (Å²) in [6, 6.07) is 0. The molecule has 0 aromatic carbocycles. The Morgan fingerprint density at radius 3 is 2.30 bits per heavy atom. The van der Waals surface area contributed by atoms with Gasteiger partial charge in [0.05, 0.1) is 11.7 Å². The molecule has 0 spiro atoms. The molecule has 0 saturated carbocycles. The molecule has 0 aliphatic rings. The van der Waals surface area contributed by atoms with Crippen molar-refractivity contribution in [1.29, 1.82) is 0 Å². The van der Waals surface area contributed by atoms with Crippen molar-refractivity contribution in [2.75, 3.05) is 13.1 Å². The predicted octanol–water partition coefficient (Wildman–Crippen LogP) is -0.272. The fraction of sp³-hybridized carbons (Fsp3) is 1.00. The Balaban J connectivity index is 3.21. The van der Waals surface area contributed by atoms with Gasteiger partial charge in [0.2, 0.25) is 0 Å². The number of hydrogen-bond donors (Lipinski definition) is 3. The summed E-state index contributed by atoms with van der Waals surface area (Å²) in [6.45, 7) is 6.20. The van der Waals surface area contributed by atoms with E-state index in [-0.39, 0.29) is 6.10 Å². The van der Waals surface area contributed by atoms with Crippen LogP contribution in [-0.2, 0) is 0 Å². The van der Waals surface area contributed by atoms with Gasteiger partial charge in [0, 0.05) is 13.1 Å². The number of nitrogens with one attached hydrogen (secondary N) is 1. The second-order valence-corrected chi connectivity index (χ2v) is 3.29. The summed E-state index contributed by atoms with van der Waals surface area (Å²) in [5, 5.41) is 20.9. The van der Waals surface area contributed by atoms with Gasteiger partial charge in [0.1, 0.15) is 0 Å². The van der Waals surface area contributed by atoms with Crippen molar-refractivity contribution in [3.63, 3.8) is 0 Å². The first-order valence-electron chi connectivity index (χ1n) is 3.53. The van der Waals surface area contributed by atoms with Gasteiger partial charge in [-0.05, 0) is 20.8 Å². The molecule has 0 unspecified atom stereocenters. The maximum Gasteiger partial charge on any atom is 0.0715 e. The lowest BCUT2D eigenvalue weighted by Gasteiger charge is -2.18. The first kappa shape index (κ1) is 9.88. The van der Waals surface area contributed by atoms with Crippen molar-refractivity contribution in [3.05, 3.63) is 0 Å². The second-order valence-electron chi connectivity index (χ2n) is 3.29. The topological polar surface area (TPSA) is 52.5 Å². The van der Waals surface area contributed by atoms with Gasteiger partial charge in [-0.15, -0.1) is 0 Å². The zero-order chi connectivity index (χ0) is 8.20. The maximum atomic E-state index is 9.19. The molecule has 0 amide bonds. The molecular formula is C7H17NO2. The molecule has 0 heterocycles. The third-order valence-corrected chi connectivity index (χ3v) is 0.997. The van der Waals surface area contributed by atoms with Crippen LogP contribution in [-0.4, -0.2) is 35.0 Å². The van der Waals surface area contributed by atoms with E-state index in [9.17, 15) is 5.11 Å². The van der Waals surface area contributed by atoms with Crippen molar-refractivity contribution in [3.8, 4) is 0 Å². The lowest BCUT2D eigenvalue weighted by Crippen LogP contribution is -2.37. The van der Waals surface area contributed by atoms with Gasteiger partial charge in [-0.1, -0.05) is 0 Å². The van der Waals surface area contributed by atoms with E-state index in [1.807, 2.05) is 0 Å². The number of hydrogen-bond acceptors (Lipinski definition) is 3. The average molecular weight is 147 g/mol. The van der Waals surface area contributed by atoms with Crippen LogP contribution in [0.1, 0.15) is 20.8 Å². The Morgan fingerprint density at radius 1 is 1.50 bits per heavy atom. The van der Waals surface area contributed by atoms with Gasteiger partial charge < -0.3 is 15.5 Å². The predicted molar refractivity (Wildman–Crippen MR) is 40.8 cm³/mol. The Kier molecular flexibility index (Phi) is 3.86. The van der Waals surface area contributed by atoms with Gasteiger partial charge in [-0.2, -0.15) is 0 Å². The lowest BCUT2D eigenvalue weighted by atomic mass is 10.1. The molecule has 62 valence electrons. The zero-order valence-corrected chi connectivity index (χ0v) is 6.89. The van der Waals surface area contributed by atoms with Gasteiger partial charge in [-0.25, -0.2) is 0 Å². The molecule has 0 aromatic rings. The maximum absolute atomic E-state index is 9.19. The van der Waals surface area contributed by atoms with Crippen molar-refractivity contribution in [1.82, 2.24) is 5.32 Å². The molecule has 3 heteroatoms. The summed E-state index contributed by atoms with van der Waals surface area (Å²) in [7, 11) is 0. The Labute approximate surface area is 62.1 Å². The molecule has 0 fully saturated rings. The molecule has 10 heavy (non-hydrogen) atoms.